The number of nitrogens with one attached hydrogen (secondary N) is 1. The number of benzene rings is 1. The van der Waals surface area contributed by atoms with E-state index in [1.807, 2.05) is 24.3 Å². The topological polar surface area (TPSA) is 67.6 Å². The van der Waals surface area contributed by atoms with Gasteiger partial charge in [0.15, 0.2) is 6.61 Å². The van der Waals surface area contributed by atoms with Crippen LogP contribution in [-0.2, 0) is 11.3 Å². The molecule has 1 unspecified atom stereocenters. The number of carbonyl (C=O) groups is 1. The Balaban J connectivity index is 1.50. The van der Waals surface area contributed by atoms with Gasteiger partial charge in [-0.25, -0.2) is 0 Å². The molecule has 4 rings (SSSR count). The van der Waals surface area contributed by atoms with Crippen molar-refractivity contribution in [2.45, 2.75) is 25.4 Å². The number of carbonyl (C=O) groups excluding carboxylic acids is 1. The number of nitrogens with two attached hydrogens (primary N) is 1. The molecule has 0 saturated carbocycles. The Bertz CT molecular complexity index is 498. The maximum Gasteiger partial charge on any atom is 0.258 e. The van der Waals surface area contributed by atoms with Crippen molar-refractivity contribution in [1.29, 1.82) is 0 Å². The molecule has 3 aliphatic heterocycles. The van der Waals surface area contributed by atoms with Crippen LogP contribution in [-0.4, -0.2) is 43.1 Å². The first-order chi connectivity index (χ1) is 10.3. The Hall–Kier alpha value is -1.59. The summed E-state index contributed by atoms with van der Waals surface area (Å²) in [5.41, 5.74) is 6.59. The first kappa shape index (κ1) is 14.4. The molecular weight excluding hydrogens is 266 g/mol. The number of ether oxygens (including phenoxy) is 1. The molecule has 2 bridgehead atoms. The van der Waals surface area contributed by atoms with E-state index in [9.17, 15) is 4.79 Å². The summed E-state index contributed by atoms with van der Waals surface area (Å²) in [5, 5.41) is 3.12. The smallest absolute Gasteiger partial charge is 0.258 e. The zero-order valence-corrected chi connectivity index (χ0v) is 12.3. The average Bonchev–Trinajstić information content (AvgIpc) is 2.54. The first-order valence-corrected chi connectivity index (χ1v) is 7.69. The molecule has 3 saturated heterocycles. The molecule has 1 aromatic rings. The minimum absolute atomic E-state index is 0.0411. The summed E-state index contributed by atoms with van der Waals surface area (Å²) < 4.78 is 5.61. The highest BCUT2D eigenvalue weighted by atomic mass is 16.5. The normalized spacial score (nSPS) is 27.4. The summed E-state index contributed by atoms with van der Waals surface area (Å²) in [7, 11) is 0. The quantitative estimate of drug-likeness (QED) is 0.839. The van der Waals surface area contributed by atoms with Crippen molar-refractivity contribution in [2.24, 2.45) is 11.7 Å². The van der Waals surface area contributed by atoms with Crippen molar-refractivity contribution >= 4 is 5.91 Å². The van der Waals surface area contributed by atoms with Crippen LogP contribution < -0.4 is 15.8 Å². The van der Waals surface area contributed by atoms with E-state index in [0.29, 0.717) is 18.2 Å². The SMILES string of the molecule is NCc1ccccc1OCC(=O)NC1CN2CCC1CC2. The second kappa shape index (κ2) is 6.45. The number of nitrogens with zero attached hydrogens (tertiary/aromatic N) is 1. The highest BCUT2D eigenvalue weighted by Gasteiger charge is 2.34. The Morgan fingerprint density at radius 2 is 2.10 bits per heavy atom. The molecule has 3 N–H and O–H groups in total. The molecule has 0 spiro atoms. The number of para-hydroxylation sites is 1. The van der Waals surface area contributed by atoms with Gasteiger partial charge in [-0.3, -0.25) is 4.79 Å². The molecule has 114 valence electrons. The highest BCUT2D eigenvalue weighted by molar-refractivity contribution is 5.78. The van der Waals surface area contributed by atoms with Crippen LogP contribution in [0.3, 0.4) is 0 Å². The van der Waals surface area contributed by atoms with Gasteiger partial charge in [-0.15, -0.1) is 0 Å². The number of rotatable bonds is 5. The molecule has 1 amide bonds. The van der Waals surface area contributed by atoms with Crippen LogP contribution in [0.25, 0.3) is 0 Å². The maximum absolute atomic E-state index is 12.1. The summed E-state index contributed by atoms with van der Waals surface area (Å²) in [6, 6.07) is 7.86. The standard InChI is InChI=1S/C16H23N3O2/c17-9-13-3-1-2-4-15(13)21-11-16(20)18-14-10-19-7-5-12(14)6-8-19/h1-4,12,14H,5-11,17H2,(H,18,20). The van der Waals surface area contributed by atoms with Gasteiger partial charge in [0.2, 0.25) is 0 Å². The third-order valence-corrected chi connectivity index (χ3v) is 4.55. The third-order valence-electron chi connectivity index (χ3n) is 4.55. The van der Waals surface area contributed by atoms with E-state index in [-0.39, 0.29) is 18.6 Å². The van der Waals surface area contributed by atoms with E-state index < -0.39 is 0 Å². The lowest BCUT2D eigenvalue weighted by Crippen LogP contribution is -2.57. The molecule has 0 radical (unpaired) electrons. The predicted octanol–water partition coefficient (Wildman–Crippen LogP) is 0.734. The monoisotopic (exact) mass is 289 g/mol. The fraction of sp³-hybridized carbons (Fsp3) is 0.562. The van der Waals surface area contributed by atoms with Crippen LogP contribution >= 0.6 is 0 Å². The molecule has 1 atom stereocenters. The van der Waals surface area contributed by atoms with Crippen LogP contribution in [0.4, 0.5) is 0 Å². The summed E-state index contributed by atoms with van der Waals surface area (Å²) in [6.45, 7) is 3.81. The fourth-order valence-electron chi connectivity index (χ4n) is 3.33. The van der Waals surface area contributed by atoms with Crippen molar-refractivity contribution in [3.05, 3.63) is 29.8 Å². The van der Waals surface area contributed by atoms with Crippen molar-refractivity contribution in [1.82, 2.24) is 10.2 Å². The average molecular weight is 289 g/mol. The fourth-order valence-corrected chi connectivity index (χ4v) is 3.33. The summed E-state index contributed by atoms with van der Waals surface area (Å²) >= 11 is 0. The van der Waals surface area contributed by atoms with Crippen LogP contribution in [0, 0.1) is 5.92 Å². The van der Waals surface area contributed by atoms with E-state index in [1.165, 1.54) is 25.9 Å². The third kappa shape index (κ3) is 3.36. The van der Waals surface area contributed by atoms with Crippen molar-refractivity contribution in [2.75, 3.05) is 26.2 Å². The van der Waals surface area contributed by atoms with E-state index >= 15 is 0 Å². The molecule has 0 aromatic heterocycles. The van der Waals surface area contributed by atoms with Gasteiger partial charge in [-0.2, -0.15) is 0 Å². The van der Waals surface area contributed by atoms with Gasteiger partial charge < -0.3 is 20.7 Å². The van der Waals surface area contributed by atoms with E-state index in [2.05, 4.69) is 10.2 Å². The molecule has 3 heterocycles. The van der Waals surface area contributed by atoms with Gasteiger partial charge >= 0.3 is 0 Å². The van der Waals surface area contributed by atoms with Crippen LogP contribution in [0.2, 0.25) is 0 Å². The van der Waals surface area contributed by atoms with Crippen molar-refractivity contribution in [3.63, 3.8) is 0 Å². The molecular formula is C16H23N3O2. The zero-order valence-electron chi connectivity index (χ0n) is 12.3. The Kier molecular flexibility index (Phi) is 4.41. The molecule has 0 aliphatic carbocycles. The maximum atomic E-state index is 12.1. The second-order valence-electron chi connectivity index (χ2n) is 5.91. The van der Waals surface area contributed by atoms with Crippen LogP contribution in [0.5, 0.6) is 5.75 Å². The Morgan fingerprint density at radius 3 is 2.76 bits per heavy atom. The number of fused-ring (bicyclic) bond motifs is 3. The van der Waals surface area contributed by atoms with Gasteiger partial charge in [0.25, 0.3) is 5.91 Å². The second-order valence-corrected chi connectivity index (χ2v) is 5.91. The zero-order chi connectivity index (χ0) is 14.7. The molecule has 3 aliphatic rings. The lowest BCUT2D eigenvalue weighted by molar-refractivity contribution is -0.125. The molecule has 5 nitrogen and oxygen atoms in total. The molecule has 1 aromatic carbocycles. The van der Waals surface area contributed by atoms with Gasteiger partial charge in [0.1, 0.15) is 5.75 Å². The summed E-state index contributed by atoms with van der Waals surface area (Å²) in [6.07, 6.45) is 2.39. The van der Waals surface area contributed by atoms with E-state index in [4.69, 9.17) is 10.5 Å². The Labute approximate surface area is 125 Å². The van der Waals surface area contributed by atoms with Crippen molar-refractivity contribution in [3.8, 4) is 5.75 Å². The number of hydrogen-bond donors (Lipinski definition) is 2. The van der Waals surface area contributed by atoms with Gasteiger partial charge in [-0.1, -0.05) is 18.2 Å². The van der Waals surface area contributed by atoms with Crippen LogP contribution in [0.15, 0.2) is 24.3 Å². The highest BCUT2D eigenvalue weighted by Crippen LogP contribution is 2.27. The predicted molar refractivity (Wildman–Crippen MR) is 80.9 cm³/mol. The van der Waals surface area contributed by atoms with Crippen LogP contribution in [0.1, 0.15) is 18.4 Å². The van der Waals surface area contributed by atoms with Gasteiger partial charge in [-0.05, 0) is 37.9 Å². The molecule has 5 heteroatoms. The minimum Gasteiger partial charge on any atom is -0.483 e. The summed E-state index contributed by atoms with van der Waals surface area (Å²) in [4.78, 5) is 14.5. The molecule has 21 heavy (non-hydrogen) atoms. The Morgan fingerprint density at radius 1 is 1.33 bits per heavy atom. The number of hydrogen-bond acceptors (Lipinski definition) is 4. The number of amides is 1. The lowest BCUT2D eigenvalue weighted by Gasteiger charge is -2.44. The lowest BCUT2D eigenvalue weighted by atomic mass is 9.84. The van der Waals surface area contributed by atoms with Gasteiger partial charge in [0.05, 0.1) is 0 Å². The molecule has 3 fully saturated rings. The van der Waals surface area contributed by atoms with E-state index in [1.54, 1.807) is 0 Å². The minimum atomic E-state index is -0.0411. The van der Waals surface area contributed by atoms with Gasteiger partial charge in [0, 0.05) is 24.7 Å². The van der Waals surface area contributed by atoms with E-state index in [0.717, 1.165) is 12.1 Å². The largest absolute Gasteiger partial charge is 0.483 e. The first-order valence-electron chi connectivity index (χ1n) is 7.69. The summed E-state index contributed by atoms with van der Waals surface area (Å²) in [5.74, 6) is 1.29. The number of piperidine rings is 3. The van der Waals surface area contributed by atoms with Crippen molar-refractivity contribution < 1.29 is 9.53 Å².